The van der Waals surface area contributed by atoms with Crippen molar-refractivity contribution in [3.8, 4) is 11.3 Å². The average Bonchev–Trinajstić information content (AvgIpc) is 2.83. The van der Waals surface area contributed by atoms with E-state index < -0.39 is 58.9 Å². The van der Waals surface area contributed by atoms with Crippen molar-refractivity contribution < 1.29 is 37.7 Å². The summed E-state index contributed by atoms with van der Waals surface area (Å²) >= 11 is 0. The molecule has 3 heterocycles. The van der Waals surface area contributed by atoms with Crippen LogP contribution in [-0.2, 0) is 15.9 Å². The fourth-order valence-corrected chi connectivity index (χ4v) is 4.12. The predicted octanol–water partition coefficient (Wildman–Crippen LogP) is 3.18. The van der Waals surface area contributed by atoms with Crippen LogP contribution in [-0.4, -0.2) is 58.0 Å². The van der Waals surface area contributed by atoms with E-state index in [9.17, 15) is 28.2 Å². The first kappa shape index (κ1) is 24.9. The number of ketones is 1. The zero-order chi connectivity index (χ0) is 25.1. The van der Waals surface area contributed by atoms with Gasteiger partial charge in [0.1, 0.15) is 41.0 Å². The minimum atomic E-state index is -1.13. The predicted molar refractivity (Wildman–Crippen MR) is 118 cm³/mol. The molecule has 2 aromatic heterocycles. The molecule has 1 saturated heterocycles. The van der Waals surface area contributed by atoms with Gasteiger partial charge in [-0.2, -0.15) is 0 Å². The molecule has 7 nitrogen and oxygen atoms in total. The van der Waals surface area contributed by atoms with E-state index in [-0.39, 0.29) is 25.1 Å². The maximum atomic E-state index is 14.4. The molecule has 0 bridgehead atoms. The maximum absolute atomic E-state index is 14.4. The molecule has 1 aliphatic heterocycles. The first-order valence-electron chi connectivity index (χ1n) is 10.9. The molecule has 35 heavy (non-hydrogen) atoms. The fourth-order valence-electron chi connectivity index (χ4n) is 4.12. The summed E-state index contributed by atoms with van der Waals surface area (Å²) in [4.78, 5) is 21.0. The van der Waals surface area contributed by atoms with Crippen LogP contribution in [0.4, 0.5) is 13.2 Å². The molecule has 4 atom stereocenters. The van der Waals surface area contributed by atoms with Gasteiger partial charge in [-0.1, -0.05) is 6.07 Å². The molecule has 184 valence electrons. The number of benzene rings is 1. The van der Waals surface area contributed by atoms with Gasteiger partial charge in [-0.15, -0.1) is 0 Å². The monoisotopic (exact) mass is 488 g/mol. The smallest absolute Gasteiger partial charge is 0.185 e. The molecule has 4 rings (SSSR count). The van der Waals surface area contributed by atoms with Crippen LogP contribution in [0.3, 0.4) is 0 Å². The van der Waals surface area contributed by atoms with E-state index in [4.69, 9.17) is 9.47 Å². The highest BCUT2D eigenvalue weighted by atomic mass is 19.1. The van der Waals surface area contributed by atoms with Gasteiger partial charge in [-0.25, -0.2) is 18.2 Å². The third-order valence-corrected chi connectivity index (χ3v) is 5.87. The second kappa shape index (κ2) is 10.6. The Labute approximate surface area is 199 Å². The summed E-state index contributed by atoms with van der Waals surface area (Å²) < 4.78 is 53.8. The van der Waals surface area contributed by atoms with Gasteiger partial charge in [-0.3, -0.25) is 9.78 Å². The number of halogens is 3. The summed E-state index contributed by atoms with van der Waals surface area (Å²) in [5, 5.41) is 20.5. The third-order valence-electron chi connectivity index (χ3n) is 5.87. The molecule has 0 unspecified atom stereocenters. The number of aliphatic hydroxyl groups is 2. The van der Waals surface area contributed by atoms with Gasteiger partial charge in [0, 0.05) is 32.3 Å². The highest BCUT2D eigenvalue weighted by molar-refractivity contribution is 5.96. The highest BCUT2D eigenvalue weighted by Gasteiger charge is 2.38. The van der Waals surface area contributed by atoms with Gasteiger partial charge in [0.05, 0.1) is 24.4 Å². The van der Waals surface area contributed by atoms with Gasteiger partial charge >= 0.3 is 0 Å². The molecule has 2 N–H and O–H groups in total. The van der Waals surface area contributed by atoms with Crippen molar-refractivity contribution in [3.05, 3.63) is 83.1 Å². The zero-order valence-corrected chi connectivity index (χ0v) is 18.7. The summed E-state index contributed by atoms with van der Waals surface area (Å²) in [6.07, 6.45) is -0.787. The van der Waals surface area contributed by atoms with Gasteiger partial charge < -0.3 is 19.7 Å². The molecular formula is C25H23F3N2O5. The molecular weight excluding hydrogens is 465 g/mol. The number of pyridine rings is 2. The van der Waals surface area contributed by atoms with Crippen LogP contribution in [0.25, 0.3) is 11.3 Å². The Kier molecular flexibility index (Phi) is 7.56. The number of Topliss-reactive ketones (excluding diaryl/α,β-unsaturated/α-hetero) is 1. The third kappa shape index (κ3) is 5.25. The standard InChI is InChI=1S/C25H23F3N2O5/c1-34-12-22-25(33)20(32)10-21(35-22)14-7-8-29-11-13(14)9-19(31)18-6-5-17(28)24(30-18)23-15(26)3-2-4-16(23)27/h2-8,11,20-22,25,32-33H,9-10,12H2,1H3/t20-,21-,22-,25+/m1/s1. The Bertz CT molecular complexity index is 1210. The van der Waals surface area contributed by atoms with Crippen molar-refractivity contribution in [2.75, 3.05) is 13.7 Å². The number of rotatable bonds is 7. The molecule has 0 radical (unpaired) electrons. The number of hydrogen-bond donors (Lipinski definition) is 2. The molecule has 0 amide bonds. The van der Waals surface area contributed by atoms with E-state index in [1.807, 2.05) is 0 Å². The van der Waals surface area contributed by atoms with Crippen LogP contribution < -0.4 is 0 Å². The number of aliphatic hydroxyl groups excluding tert-OH is 2. The van der Waals surface area contributed by atoms with Crippen LogP contribution in [0.2, 0.25) is 0 Å². The Morgan fingerprint density at radius 1 is 1.11 bits per heavy atom. The zero-order valence-electron chi connectivity index (χ0n) is 18.7. The minimum absolute atomic E-state index is 0.0585. The Hall–Kier alpha value is -3.18. The van der Waals surface area contributed by atoms with Gasteiger partial charge in [0.25, 0.3) is 0 Å². The van der Waals surface area contributed by atoms with Gasteiger partial charge in [-0.05, 0) is 41.5 Å². The first-order valence-corrected chi connectivity index (χ1v) is 10.9. The largest absolute Gasteiger partial charge is 0.390 e. The number of ether oxygens (including phenoxy) is 2. The Morgan fingerprint density at radius 2 is 1.86 bits per heavy atom. The fraction of sp³-hybridized carbons (Fsp3) is 0.320. The summed E-state index contributed by atoms with van der Waals surface area (Å²) in [5.74, 6) is -3.52. The van der Waals surface area contributed by atoms with Crippen LogP contribution in [0, 0.1) is 17.5 Å². The van der Waals surface area contributed by atoms with Crippen LogP contribution in [0.15, 0.2) is 48.8 Å². The molecule has 10 heteroatoms. The number of nitrogens with zero attached hydrogens (tertiary/aromatic N) is 2. The molecule has 0 spiro atoms. The Morgan fingerprint density at radius 3 is 2.57 bits per heavy atom. The van der Waals surface area contributed by atoms with Crippen molar-refractivity contribution in [3.63, 3.8) is 0 Å². The molecule has 1 fully saturated rings. The van der Waals surface area contributed by atoms with E-state index in [1.54, 1.807) is 6.07 Å². The molecule has 3 aromatic rings. The lowest BCUT2D eigenvalue weighted by atomic mass is 9.91. The van der Waals surface area contributed by atoms with Crippen molar-refractivity contribution in [1.82, 2.24) is 9.97 Å². The minimum Gasteiger partial charge on any atom is -0.390 e. The van der Waals surface area contributed by atoms with E-state index in [1.165, 1.54) is 19.5 Å². The normalized spacial score (nSPS) is 22.2. The van der Waals surface area contributed by atoms with Gasteiger partial charge in [0.15, 0.2) is 5.78 Å². The lowest BCUT2D eigenvalue weighted by Gasteiger charge is -2.37. The molecule has 0 aliphatic carbocycles. The molecule has 0 saturated carbocycles. The summed E-state index contributed by atoms with van der Waals surface area (Å²) in [6, 6.07) is 6.81. The van der Waals surface area contributed by atoms with Crippen molar-refractivity contribution >= 4 is 5.78 Å². The van der Waals surface area contributed by atoms with E-state index >= 15 is 0 Å². The quantitative estimate of drug-likeness (QED) is 0.493. The lowest BCUT2D eigenvalue weighted by Crippen LogP contribution is -2.47. The summed E-state index contributed by atoms with van der Waals surface area (Å²) in [7, 11) is 1.44. The topological polar surface area (TPSA) is 102 Å². The van der Waals surface area contributed by atoms with E-state index in [0.717, 1.165) is 30.3 Å². The van der Waals surface area contributed by atoms with Crippen LogP contribution in [0.1, 0.15) is 34.1 Å². The number of aromatic nitrogens is 2. The molecule has 1 aromatic carbocycles. The summed E-state index contributed by atoms with van der Waals surface area (Å²) in [6.45, 7) is 0.0585. The second-order valence-corrected chi connectivity index (χ2v) is 8.21. The Balaban J connectivity index is 1.62. The number of carbonyl (C=O) groups is 1. The van der Waals surface area contributed by atoms with E-state index in [2.05, 4.69) is 9.97 Å². The van der Waals surface area contributed by atoms with Gasteiger partial charge in [0.2, 0.25) is 0 Å². The first-order chi connectivity index (χ1) is 16.8. The lowest BCUT2D eigenvalue weighted by molar-refractivity contribution is -0.184. The highest BCUT2D eigenvalue weighted by Crippen LogP contribution is 2.34. The average molecular weight is 488 g/mol. The second-order valence-electron chi connectivity index (χ2n) is 8.21. The maximum Gasteiger partial charge on any atom is 0.185 e. The molecule has 1 aliphatic rings. The number of methoxy groups -OCH3 is 1. The SMILES string of the molecule is COC[C@H]1O[C@@H](c2ccncc2CC(=O)c2ccc(F)c(-c3c(F)cccc3F)n2)C[C@@H](O)[C@@H]1O. The van der Waals surface area contributed by atoms with Crippen molar-refractivity contribution in [2.24, 2.45) is 0 Å². The van der Waals surface area contributed by atoms with Crippen molar-refractivity contribution in [2.45, 2.75) is 37.3 Å². The van der Waals surface area contributed by atoms with Crippen LogP contribution >= 0.6 is 0 Å². The number of carbonyl (C=O) groups excluding carboxylic acids is 1. The summed E-state index contributed by atoms with van der Waals surface area (Å²) in [5.41, 5.74) is -0.409. The number of hydrogen-bond acceptors (Lipinski definition) is 7. The van der Waals surface area contributed by atoms with Crippen molar-refractivity contribution in [1.29, 1.82) is 0 Å². The van der Waals surface area contributed by atoms with Crippen LogP contribution in [0.5, 0.6) is 0 Å². The van der Waals surface area contributed by atoms with E-state index in [0.29, 0.717) is 11.1 Å².